The van der Waals surface area contributed by atoms with Gasteiger partial charge in [0.05, 0.1) is 0 Å². The van der Waals surface area contributed by atoms with E-state index < -0.39 is 0 Å². The van der Waals surface area contributed by atoms with E-state index in [1.165, 1.54) is 6.20 Å². The first-order valence-corrected chi connectivity index (χ1v) is 6.18. The molecule has 0 saturated heterocycles. The Morgan fingerprint density at radius 3 is 2.58 bits per heavy atom. The van der Waals surface area contributed by atoms with E-state index in [-0.39, 0.29) is 5.78 Å². The fourth-order valence-electron chi connectivity index (χ4n) is 1.89. The van der Waals surface area contributed by atoms with Crippen molar-refractivity contribution in [3.63, 3.8) is 0 Å². The molecular weight excluding hydrogens is 266 g/mol. The van der Waals surface area contributed by atoms with Crippen LogP contribution in [0.4, 0.5) is 0 Å². The highest BCUT2D eigenvalue weighted by Gasteiger charge is 2.16. The van der Waals surface area contributed by atoms with Crippen molar-refractivity contribution in [1.29, 1.82) is 0 Å². The quantitative estimate of drug-likeness (QED) is 0.625. The van der Waals surface area contributed by atoms with Crippen LogP contribution in [0.15, 0.2) is 36.5 Å². The minimum Gasteiger partial charge on any atom is -0.486 e. The monoisotopic (exact) mass is 275 g/mol. The molecule has 0 atom stereocenters. The fraction of sp³-hybridized carbons (Fsp3) is 0.143. The van der Waals surface area contributed by atoms with E-state index in [0.29, 0.717) is 41.0 Å². The first-order chi connectivity index (χ1) is 9.24. The van der Waals surface area contributed by atoms with Crippen LogP contribution in [-0.4, -0.2) is 24.0 Å². The van der Waals surface area contributed by atoms with Gasteiger partial charge in [0.15, 0.2) is 17.3 Å². The normalized spacial score (nSPS) is 13.1. The van der Waals surface area contributed by atoms with Gasteiger partial charge in [0.25, 0.3) is 0 Å². The van der Waals surface area contributed by atoms with Gasteiger partial charge >= 0.3 is 0 Å². The number of rotatable bonds is 2. The zero-order chi connectivity index (χ0) is 13.2. The van der Waals surface area contributed by atoms with E-state index in [1.54, 1.807) is 30.3 Å². The molecule has 1 aromatic heterocycles. The van der Waals surface area contributed by atoms with Crippen LogP contribution in [0.5, 0.6) is 11.5 Å². The summed E-state index contributed by atoms with van der Waals surface area (Å²) in [5.74, 6) is 1.13. The zero-order valence-electron chi connectivity index (χ0n) is 9.93. The highest BCUT2D eigenvalue weighted by Crippen LogP contribution is 2.31. The van der Waals surface area contributed by atoms with Crippen LogP contribution in [0.25, 0.3) is 0 Å². The summed E-state index contributed by atoms with van der Waals surface area (Å²) < 4.78 is 10.9. The number of carbonyl (C=O) groups excluding carboxylic acids is 1. The lowest BCUT2D eigenvalue weighted by Gasteiger charge is -2.18. The smallest absolute Gasteiger partial charge is 0.193 e. The molecule has 0 unspecified atom stereocenters. The van der Waals surface area contributed by atoms with Crippen LogP contribution in [-0.2, 0) is 0 Å². The molecule has 1 aliphatic heterocycles. The molecule has 2 heterocycles. The van der Waals surface area contributed by atoms with E-state index in [1.807, 2.05) is 0 Å². The zero-order valence-corrected chi connectivity index (χ0v) is 10.7. The fourth-order valence-corrected chi connectivity index (χ4v) is 2.07. The molecule has 2 aromatic rings. The highest BCUT2D eigenvalue weighted by molar-refractivity contribution is 6.30. The molecule has 0 fully saturated rings. The first kappa shape index (κ1) is 12.0. The van der Waals surface area contributed by atoms with Gasteiger partial charge in [0.1, 0.15) is 18.4 Å². The molecule has 0 N–H and O–H groups in total. The summed E-state index contributed by atoms with van der Waals surface area (Å²) in [5, 5.41) is 0.295. The number of benzene rings is 1. The largest absolute Gasteiger partial charge is 0.486 e. The van der Waals surface area contributed by atoms with E-state index in [2.05, 4.69) is 4.98 Å². The second-order valence-electron chi connectivity index (χ2n) is 4.05. The van der Waals surface area contributed by atoms with Gasteiger partial charge in [-0.15, -0.1) is 0 Å². The predicted molar refractivity (Wildman–Crippen MR) is 70.1 cm³/mol. The average Bonchev–Trinajstić information content (AvgIpc) is 2.46. The van der Waals surface area contributed by atoms with Gasteiger partial charge in [-0.3, -0.25) is 4.79 Å². The summed E-state index contributed by atoms with van der Waals surface area (Å²) in [6, 6.07) is 8.31. The van der Waals surface area contributed by atoms with Crippen molar-refractivity contribution in [2.24, 2.45) is 0 Å². The second kappa shape index (κ2) is 4.90. The predicted octanol–water partition coefficient (Wildman–Crippen LogP) is 2.74. The molecule has 0 amide bonds. The second-order valence-corrected chi connectivity index (χ2v) is 4.44. The number of aromatic nitrogens is 1. The van der Waals surface area contributed by atoms with Crippen molar-refractivity contribution in [2.75, 3.05) is 13.2 Å². The van der Waals surface area contributed by atoms with Crippen LogP contribution in [0.3, 0.4) is 0 Å². The van der Waals surface area contributed by atoms with Gasteiger partial charge in [0.2, 0.25) is 0 Å². The number of fused-ring (bicyclic) bond motifs is 1. The minimum absolute atomic E-state index is 0.124. The molecule has 5 heteroatoms. The van der Waals surface area contributed by atoms with Crippen LogP contribution >= 0.6 is 11.6 Å². The third kappa shape index (κ3) is 2.39. The van der Waals surface area contributed by atoms with Crippen molar-refractivity contribution in [1.82, 2.24) is 4.98 Å². The Balaban J connectivity index is 1.96. The third-order valence-electron chi connectivity index (χ3n) is 2.79. The van der Waals surface area contributed by atoms with Gasteiger partial charge in [-0.2, -0.15) is 0 Å². The minimum atomic E-state index is -0.124. The topological polar surface area (TPSA) is 48.4 Å². The molecule has 0 saturated carbocycles. The molecule has 0 bridgehead atoms. The van der Waals surface area contributed by atoms with Gasteiger partial charge in [-0.25, -0.2) is 4.98 Å². The molecule has 1 aliphatic rings. The van der Waals surface area contributed by atoms with Crippen LogP contribution < -0.4 is 9.47 Å². The summed E-state index contributed by atoms with van der Waals surface area (Å²) >= 11 is 5.78. The SMILES string of the molecule is O=C(c1ccnc(Cl)c1)c1ccc2c(c1)OCCO2. The van der Waals surface area contributed by atoms with Gasteiger partial charge < -0.3 is 9.47 Å². The molecule has 1 aromatic carbocycles. The lowest BCUT2D eigenvalue weighted by molar-refractivity contribution is 0.103. The molecule has 96 valence electrons. The Hall–Kier alpha value is -2.07. The number of hydrogen-bond donors (Lipinski definition) is 0. The number of ketones is 1. The van der Waals surface area contributed by atoms with Gasteiger partial charge in [0, 0.05) is 17.3 Å². The van der Waals surface area contributed by atoms with Crippen LogP contribution in [0, 0.1) is 0 Å². The number of pyridine rings is 1. The number of ether oxygens (including phenoxy) is 2. The van der Waals surface area contributed by atoms with E-state index >= 15 is 0 Å². The maximum absolute atomic E-state index is 12.3. The molecular formula is C14H10ClNO3. The molecule has 0 radical (unpaired) electrons. The van der Waals surface area contributed by atoms with Crippen molar-refractivity contribution in [3.05, 3.63) is 52.8 Å². The van der Waals surface area contributed by atoms with Crippen LogP contribution in [0.1, 0.15) is 15.9 Å². The summed E-state index contributed by atoms with van der Waals surface area (Å²) in [5.41, 5.74) is 1.03. The molecule has 3 rings (SSSR count). The van der Waals surface area contributed by atoms with Gasteiger partial charge in [-0.1, -0.05) is 11.6 Å². The Bertz CT molecular complexity index is 642. The Kier molecular flexibility index (Phi) is 3.09. The van der Waals surface area contributed by atoms with E-state index in [0.717, 1.165) is 0 Å². The van der Waals surface area contributed by atoms with E-state index in [9.17, 15) is 4.79 Å². The van der Waals surface area contributed by atoms with E-state index in [4.69, 9.17) is 21.1 Å². The summed E-state index contributed by atoms with van der Waals surface area (Å²) in [6.45, 7) is 1.02. The lowest BCUT2D eigenvalue weighted by Crippen LogP contribution is -2.15. The number of hydrogen-bond acceptors (Lipinski definition) is 4. The van der Waals surface area contributed by atoms with Crippen molar-refractivity contribution < 1.29 is 14.3 Å². The maximum Gasteiger partial charge on any atom is 0.193 e. The van der Waals surface area contributed by atoms with Gasteiger partial charge in [-0.05, 0) is 30.3 Å². The molecule has 0 spiro atoms. The van der Waals surface area contributed by atoms with Crippen molar-refractivity contribution >= 4 is 17.4 Å². The standard InChI is InChI=1S/C14H10ClNO3/c15-13-8-10(3-4-16-13)14(17)9-1-2-11-12(7-9)19-6-5-18-11/h1-4,7-8H,5-6H2. The molecule has 19 heavy (non-hydrogen) atoms. The Morgan fingerprint density at radius 2 is 1.79 bits per heavy atom. The molecule has 0 aliphatic carbocycles. The summed E-state index contributed by atoms with van der Waals surface area (Å²) in [4.78, 5) is 16.2. The third-order valence-corrected chi connectivity index (χ3v) is 3.00. The maximum atomic E-state index is 12.3. The highest BCUT2D eigenvalue weighted by atomic mass is 35.5. The number of carbonyl (C=O) groups is 1. The number of halogens is 1. The summed E-state index contributed by atoms with van der Waals surface area (Å²) in [6.07, 6.45) is 1.51. The van der Waals surface area contributed by atoms with Crippen molar-refractivity contribution in [2.45, 2.75) is 0 Å². The van der Waals surface area contributed by atoms with Crippen molar-refractivity contribution in [3.8, 4) is 11.5 Å². The summed E-state index contributed by atoms with van der Waals surface area (Å²) in [7, 11) is 0. The van der Waals surface area contributed by atoms with Crippen LogP contribution in [0.2, 0.25) is 5.15 Å². The molecule has 4 nitrogen and oxygen atoms in total. The number of nitrogens with zero attached hydrogens (tertiary/aromatic N) is 1. The first-order valence-electron chi connectivity index (χ1n) is 5.80. The average molecular weight is 276 g/mol. The lowest BCUT2D eigenvalue weighted by atomic mass is 10.0. The Labute approximate surface area is 114 Å². The Morgan fingerprint density at radius 1 is 1.05 bits per heavy atom.